The smallest absolute Gasteiger partial charge is 0.216 e. The van der Waals surface area contributed by atoms with Crippen molar-refractivity contribution >= 4 is 0 Å². The summed E-state index contributed by atoms with van der Waals surface area (Å²) in [5.41, 5.74) is -0.118. The third-order valence-electron chi connectivity index (χ3n) is 6.58. The summed E-state index contributed by atoms with van der Waals surface area (Å²) in [4.78, 5) is 11.6. The predicted octanol–water partition coefficient (Wildman–Crippen LogP) is 4.93. The van der Waals surface area contributed by atoms with E-state index in [1.807, 2.05) is 25.1 Å². The van der Waals surface area contributed by atoms with Crippen molar-refractivity contribution in [2.45, 2.75) is 56.6 Å². The van der Waals surface area contributed by atoms with Gasteiger partial charge in [-0.05, 0) is 49.1 Å². The number of nitriles is 1. The highest BCUT2D eigenvalue weighted by Crippen LogP contribution is 2.44. The fourth-order valence-electron chi connectivity index (χ4n) is 4.51. The van der Waals surface area contributed by atoms with Gasteiger partial charge in [-0.15, -0.1) is 0 Å². The summed E-state index contributed by atoms with van der Waals surface area (Å²) in [6, 6.07) is 12.5. The number of rotatable bonds is 12. The minimum Gasteiger partial charge on any atom is -0.493 e. The summed E-state index contributed by atoms with van der Waals surface area (Å²) >= 11 is 0. The van der Waals surface area contributed by atoms with Crippen LogP contribution in [0.15, 0.2) is 36.4 Å². The van der Waals surface area contributed by atoms with Gasteiger partial charge in [0.2, 0.25) is 11.8 Å². The Hall–Kier alpha value is -3.67. The fraction of sp³-hybridized carbons (Fsp3) is 0.500. The lowest BCUT2D eigenvalue weighted by atomic mass is 9.75. The van der Waals surface area contributed by atoms with Gasteiger partial charge in [0, 0.05) is 11.3 Å². The van der Waals surface area contributed by atoms with Crippen molar-refractivity contribution in [2.24, 2.45) is 0 Å². The highest BCUT2D eigenvalue weighted by molar-refractivity contribution is 5.56. The van der Waals surface area contributed by atoms with Crippen LogP contribution in [0, 0.1) is 21.4 Å². The summed E-state index contributed by atoms with van der Waals surface area (Å²) in [5, 5.41) is 22.0. The molecule has 2 aromatic carbocycles. The standard InChI is InChI=1S/C26H32N2O7/c1-5-26(17-27,18-13-23(31-2)25(33-4)24(14-18)32-3)12-8-9-19(28(29)30)15-20-16-34-21-10-6-7-11-22(21)35-20/h6-7,10-11,13-14,19-20H,5,8-9,12,15-16H2,1-4H3. The Morgan fingerprint density at radius 1 is 1.17 bits per heavy atom. The number of para-hydroxylation sites is 2. The fourth-order valence-corrected chi connectivity index (χ4v) is 4.51. The molecule has 1 heterocycles. The van der Waals surface area contributed by atoms with Gasteiger partial charge in [-0.3, -0.25) is 10.1 Å². The summed E-state index contributed by atoms with van der Waals surface area (Å²) < 4.78 is 27.9. The van der Waals surface area contributed by atoms with Crippen LogP contribution in [0.3, 0.4) is 0 Å². The Labute approximate surface area is 205 Å². The van der Waals surface area contributed by atoms with E-state index in [2.05, 4.69) is 6.07 Å². The molecule has 3 unspecified atom stereocenters. The Morgan fingerprint density at radius 3 is 2.37 bits per heavy atom. The molecule has 3 rings (SSSR count). The first-order valence-electron chi connectivity index (χ1n) is 11.6. The SMILES string of the molecule is CCC(C#N)(CCCC(CC1COc2ccccc2O1)[N+](=O)[O-])c1cc(OC)c(OC)c(OC)c1. The van der Waals surface area contributed by atoms with Gasteiger partial charge in [0.05, 0.1) is 39.2 Å². The number of hydrogen-bond donors (Lipinski definition) is 0. The van der Waals surface area contributed by atoms with Gasteiger partial charge >= 0.3 is 0 Å². The molecule has 0 aromatic heterocycles. The first-order valence-corrected chi connectivity index (χ1v) is 11.6. The third kappa shape index (κ3) is 5.70. The van der Waals surface area contributed by atoms with E-state index >= 15 is 0 Å². The average Bonchev–Trinajstić information content (AvgIpc) is 2.89. The van der Waals surface area contributed by atoms with Crippen molar-refractivity contribution in [2.75, 3.05) is 27.9 Å². The maximum absolute atomic E-state index is 11.8. The van der Waals surface area contributed by atoms with E-state index in [0.29, 0.717) is 54.4 Å². The maximum Gasteiger partial charge on any atom is 0.216 e. The minimum atomic E-state index is -0.850. The summed E-state index contributed by atoms with van der Waals surface area (Å²) in [7, 11) is 4.57. The number of nitro groups is 1. The Kier molecular flexibility index (Phi) is 8.63. The number of methoxy groups -OCH3 is 3. The zero-order valence-corrected chi connectivity index (χ0v) is 20.6. The number of benzene rings is 2. The van der Waals surface area contributed by atoms with Crippen molar-refractivity contribution in [1.82, 2.24) is 0 Å². The van der Waals surface area contributed by atoms with Crippen molar-refractivity contribution in [3.05, 3.63) is 52.1 Å². The van der Waals surface area contributed by atoms with Gasteiger partial charge in [0.25, 0.3) is 0 Å². The number of hydrogen-bond acceptors (Lipinski definition) is 8. The van der Waals surface area contributed by atoms with Crippen LogP contribution < -0.4 is 23.7 Å². The molecule has 188 valence electrons. The van der Waals surface area contributed by atoms with Gasteiger partial charge in [0.1, 0.15) is 12.7 Å². The molecule has 2 aromatic rings. The molecule has 1 aliphatic heterocycles. The zero-order chi connectivity index (χ0) is 25.4. The van der Waals surface area contributed by atoms with E-state index in [1.54, 1.807) is 18.2 Å². The molecule has 9 heteroatoms. The molecular weight excluding hydrogens is 452 g/mol. The van der Waals surface area contributed by atoms with Crippen molar-refractivity contribution in [3.8, 4) is 34.8 Å². The third-order valence-corrected chi connectivity index (χ3v) is 6.58. The summed E-state index contributed by atoms with van der Waals surface area (Å²) in [5.74, 6) is 2.63. The van der Waals surface area contributed by atoms with E-state index < -0.39 is 17.6 Å². The second-order valence-electron chi connectivity index (χ2n) is 8.53. The van der Waals surface area contributed by atoms with E-state index in [4.69, 9.17) is 23.7 Å². The highest BCUT2D eigenvalue weighted by Gasteiger charge is 2.35. The number of fused-ring (bicyclic) bond motifs is 1. The molecule has 0 spiro atoms. The van der Waals surface area contributed by atoms with Crippen LogP contribution in [0.2, 0.25) is 0 Å². The molecular formula is C26H32N2O7. The largest absolute Gasteiger partial charge is 0.493 e. The average molecular weight is 485 g/mol. The van der Waals surface area contributed by atoms with Crippen LogP contribution in [-0.2, 0) is 5.41 Å². The van der Waals surface area contributed by atoms with Gasteiger partial charge in [-0.25, -0.2) is 0 Å². The molecule has 9 nitrogen and oxygen atoms in total. The Balaban J connectivity index is 1.72. The lowest BCUT2D eigenvalue weighted by Gasteiger charge is -2.28. The minimum absolute atomic E-state index is 0.233. The molecule has 0 saturated carbocycles. The van der Waals surface area contributed by atoms with E-state index in [-0.39, 0.29) is 18.0 Å². The van der Waals surface area contributed by atoms with Crippen LogP contribution in [0.5, 0.6) is 28.7 Å². The molecule has 0 aliphatic carbocycles. The van der Waals surface area contributed by atoms with E-state index in [9.17, 15) is 15.4 Å². The van der Waals surface area contributed by atoms with Gasteiger partial charge in [-0.1, -0.05) is 19.1 Å². The molecule has 3 atom stereocenters. The summed E-state index contributed by atoms with van der Waals surface area (Å²) in [6.45, 7) is 2.20. The lowest BCUT2D eigenvalue weighted by molar-refractivity contribution is -0.526. The van der Waals surface area contributed by atoms with E-state index in [0.717, 1.165) is 5.56 Å². The first-order chi connectivity index (χ1) is 16.9. The highest BCUT2D eigenvalue weighted by atomic mass is 16.6. The maximum atomic E-state index is 11.8. The molecule has 35 heavy (non-hydrogen) atoms. The number of ether oxygens (including phenoxy) is 5. The van der Waals surface area contributed by atoms with Crippen LogP contribution in [0.25, 0.3) is 0 Å². The normalized spacial score (nSPS) is 16.9. The summed E-state index contributed by atoms with van der Waals surface area (Å²) in [6.07, 6.45) is 1.63. The molecule has 1 aliphatic rings. The van der Waals surface area contributed by atoms with Crippen molar-refractivity contribution in [3.63, 3.8) is 0 Å². The molecule has 0 amide bonds. The monoisotopic (exact) mass is 484 g/mol. The van der Waals surface area contributed by atoms with E-state index in [1.165, 1.54) is 21.3 Å². The molecule has 0 bridgehead atoms. The lowest BCUT2D eigenvalue weighted by Crippen LogP contribution is -2.35. The Morgan fingerprint density at radius 2 is 1.83 bits per heavy atom. The zero-order valence-electron chi connectivity index (χ0n) is 20.6. The van der Waals surface area contributed by atoms with Crippen LogP contribution in [0.4, 0.5) is 0 Å². The van der Waals surface area contributed by atoms with Gasteiger partial charge in [0.15, 0.2) is 23.0 Å². The first kappa shape index (κ1) is 25.9. The number of nitrogens with zero attached hydrogens (tertiary/aromatic N) is 2. The molecule has 0 saturated heterocycles. The van der Waals surface area contributed by atoms with Gasteiger partial charge < -0.3 is 23.7 Å². The van der Waals surface area contributed by atoms with Gasteiger partial charge in [-0.2, -0.15) is 5.26 Å². The van der Waals surface area contributed by atoms with Crippen molar-refractivity contribution in [1.29, 1.82) is 5.26 Å². The predicted molar refractivity (Wildman–Crippen MR) is 129 cm³/mol. The molecule has 0 radical (unpaired) electrons. The topological polar surface area (TPSA) is 113 Å². The van der Waals surface area contributed by atoms with Crippen LogP contribution in [-0.4, -0.2) is 45.0 Å². The van der Waals surface area contributed by atoms with Crippen molar-refractivity contribution < 1.29 is 28.6 Å². The molecule has 0 N–H and O–H groups in total. The second kappa shape index (κ2) is 11.6. The Bertz CT molecular complexity index is 1040. The van der Waals surface area contributed by atoms with Crippen LogP contribution in [0.1, 0.15) is 44.6 Å². The van der Waals surface area contributed by atoms with Crippen LogP contribution >= 0.6 is 0 Å². The molecule has 0 fully saturated rings. The second-order valence-corrected chi connectivity index (χ2v) is 8.53. The quantitative estimate of drug-likeness (QED) is 0.308.